The number of carbonyl (C=O) groups excluding carboxylic acids is 1. The van der Waals surface area contributed by atoms with E-state index in [1.165, 1.54) is 0 Å². The number of nitrogens with two attached hydrogens (primary N) is 1. The molecule has 0 spiro atoms. The molecule has 100 valence electrons. The van der Waals surface area contributed by atoms with Gasteiger partial charge < -0.3 is 15.2 Å². The summed E-state index contributed by atoms with van der Waals surface area (Å²) >= 11 is 0. The van der Waals surface area contributed by atoms with Crippen LogP contribution in [0.3, 0.4) is 0 Å². The van der Waals surface area contributed by atoms with E-state index in [4.69, 9.17) is 15.2 Å². The lowest BCUT2D eigenvalue weighted by Crippen LogP contribution is -2.45. The molecule has 1 rings (SSSR count). The van der Waals surface area contributed by atoms with Crippen LogP contribution in [0.4, 0.5) is 0 Å². The zero-order valence-electron chi connectivity index (χ0n) is 10.9. The fourth-order valence-electron chi connectivity index (χ4n) is 2.19. The Hall–Kier alpha value is -0.650. The third kappa shape index (κ3) is 5.02. The van der Waals surface area contributed by atoms with E-state index < -0.39 is 0 Å². The molecule has 0 bridgehead atoms. The minimum Gasteiger partial charge on any atom is -0.369 e. The maximum atomic E-state index is 11.2. The Kier molecular flexibility index (Phi) is 6.47. The lowest BCUT2D eigenvalue weighted by molar-refractivity contribution is -0.151. The van der Waals surface area contributed by atoms with Gasteiger partial charge in [-0.05, 0) is 33.2 Å². The zero-order chi connectivity index (χ0) is 12.7. The van der Waals surface area contributed by atoms with Crippen LogP contribution >= 0.6 is 0 Å². The van der Waals surface area contributed by atoms with Crippen LogP contribution in [0, 0.1) is 5.92 Å². The van der Waals surface area contributed by atoms with Crippen molar-refractivity contribution in [3.05, 3.63) is 0 Å². The van der Waals surface area contributed by atoms with Gasteiger partial charge in [0.2, 0.25) is 5.91 Å². The standard InChI is InChI=1S/C12H24N2O3/c1-3-16-11(17-4-2)9-14-7-5-6-10(8-14)12(13)15/h10-11H,3-9H2,1-2H3,(H2,13,15). The topological polar surface area (TPSA) is 64.8 Å². The fraction of sp³-hybridized carbons (Fsp3) is 0.917. The molecule has 1 atom stereocenters. The maximum absolute atomic E-state index is 11.2. The molecule has 1 unspecified atom stereocenters. The molecule has 0 saturated carbocycles. The van der Waals surface area contributed by atoms with Crippen LogP contribution in [0.1, 0.15) is 26.7 Å². The fourth-order valence-corrected chi connectivity index (χ4v) is 2.19. The average Bonchev–Trinajstić information content (AvgIpc) is 2.30. The first-order valence-electron chi connectivity index (χ1n) is 6.42. The van der Waals surface area contributed by atoms with Crippen LogP contribution in [0.15, 0.2) is 0 Å². The minimum atomic E-state index is -0.198. The van der Waals surface area contributed by atoms with Gasteiger partial charge in [-0.25, -0.2) is 0 Å². The second kappa shape index (κ2) is 7.63. The molecule has 0 radical (unpaired) electrons. The Morgan fingerprint density at radius 2 is 2.06 bits per heavy atom. The van der Waals surface area contributed by atoms with E-state index in [1.807, 2.05) is 13.8 Å². The van der Waals surface area contributed by atoms with E-state index in [0.29, 0.717) is 19.8 Å². The summed E-state index contributed by atoms with van der Waals surface area (Å²) in [5.74, 6) is -0.216. The van der Waals surface area contributed by atoms with Crippen LogP contribution in [-0.2, 0) is 14.3 Å². The highest BCUT2D eigenvalue weighted by molar-refractivity contribution is 5.76. The molecule has 2 N–H and O–H groups in total. The molecular weight excluding hydrogens is 220 g/mol. The molecule has 0 aliphatic carbocycles. The summed E-state index contributed by atoms with van der Waals surface area (Å²) in [5.41, 5.74) is 5.35. The molecule has 1 aliphatic heterocycles. The predicted octanol–water partition coefficient (Wildman–Crippen LogP) is 0.583. The van der Waals surface area contributed by atoms with Crippen LogP contribution in [0.5, 0.6) is 0 Å². The number of hydrogen-bond donors (Lipinski definition) is 1. The van der Waals surface area contributed by atoms with Crippen molar-refractivity contribution < 1.29 is 14.3 Å². The number of carbonyl (C=O) groups is 1. The molecular formula is C12H24N2O3. The van der Waals surface area contributed by atoms with Gasteiger partial charge in [-0.1, -0.05) is 0 Å². The molecule has 1 amide bonds. The largest absolute Gasteiger partial charge is 0.369 e. The van der Waals surface area contributed by atoms with Crippen molar-refractivity contribution in [1.82, 2.24) is 4.90 Å². The maximum Gasteiger partial charge on any atom is 0.221 e. The highest BCUT2D eigenvalue weighted by atomic mass is 16.7. The Balaban J connectivity index is 2.40. The summed E-state index contributed by atoms with van der Waals surface area (Å²) in [5, 5.41) is 0. The molecule has 0 aromatic carbocycles. The van der Waals surface area contributed by atoms with Gasteiger partial charge in [0.15, 0.2) is 6.29 Å². The van der Waals surface area contributed by atoms with Gasteiger partial charge in [0.25, 0.3) is 0 Å². The van der Waals surface area contributed by atoms with Crippen LogP contribution in [0.2, 0.25) is 0 Å². The number of nitrogens with zero attached hydrogens (tertiary/aromatic N) is 1. The van der Waals surface area contributed by atoms with Gasteiger partial charge in [-0.3, -0.25) is 9.69 Å². The summed E-state index contributed by atoms with van der Waals surface area (Å²) < 4.78 is 11.0. The average molecular weight is 244 g/mol. The molecule has 5 nitrogen and oxygen atoms in total. The Labute approximate surface area is 103 Å². The number of primary amides is 1. The van der Waals surface area contributed by atoms with Crippen LogP contribution in [0.25, 0.3) is 0 Å². The first kappa shape index (κ1) is 14.4. The zero-order valence-corrected chi connectivity index (χ0v) is 10.9. The Bertz CT molecular complexity index is 230. The molecule has 0 aromatic rings. The molecule has 1 aliphatic rings. The second-order valence-corrected chi connectivity index (χ2v) is 4.34. The number of hydrogen-bond acceptors (Lipinski definition) is 4. The van der Waals surface area contributed by atoms with E-state index in [-0.39, 0.29) is 18.1 Å². The smallest absolute Gasteiger partial charge is 0.221 e. The molecule has 1 fully saturated rings. The summed E-state index contributed by atoms with van der Waals surface area (Å²) in [6.07, 6.45) is 1.72. The molecule has 0 aromatic heterocycles. The molecule has 1 saturated heterocycles. The predicted molar refractivity (Wildman–Crippen MR) is 65.4 cm³/mol. The van der Waals surface area contributed by atoms with Crippen molar-refractivity contribution in [2.45, 2.75) is 33.0 Å². The van der Waals surface area contributed by atoms with E-state index in [9.17, 15) is 4.79 Å². The van der Waals surface area contributed by atoms with Crippen molar-refractivity contribution in [2.24, 2.45) is 11.7 Å². The van der Waals surface area contributed by atoms with Crippen LogP contribution in [-0.4, -0.2) is 49.9 Å². The number of rotatable bonds is 7. The summed E-state index contributed by atoms with van der Waals surface area (Å²) in [7, 11) is 0. The van der Waals surface area contributed by atoms with Gasteiger partial charge in [-0.2, -0.15) is 0 Å². The van der Waals surface area contributed by atoms with Gasteiger partial charge in [0, 0.05) is 26.3 Å². The highest BCUT2D eigenvalue weighted by Gasteiger charge is 2.25. The first-order chi connectivity index (χ1) is 8.17. The van der Waals surface area contributed by atoms with Crippen molar-refractivity contribution >= 4 is 5.91 Å². The van der Waals surface area contributed by atoms with E-state index in [0.717, 1.165) is 25.9 Å². The molecule has 17 heavy (non-hydrogen) atoms. The Morgan fingerprint density at radius 1 is 1.41 bits per heavy atom. The highest BCUT2D eigenvalue weighted by Crippen LogP contribution is 2.16. The summed E-state index contributed by atoms with van der Waals surface area (Å²) in [4.78, 5) is 13.4. The lowest BCUT2D eigenvalue weighted by Gasteiger charge is -2.33. The lowest BCUT2D eigenvalue weighted by atomic mass is 9.97. The SMILES string of the molecule is CCOC(CN1CCCC(C(N)=O)C1)OCC. The third-order valence-corrected chi connectivity index (χ3v) is 3.02. The van der Waals surface area contributed by atoms with Crippen molar-refractivity contribution in [1.29, 1.82) is 0 Å². The number of piperidine rings is 1. The number of ether oxygens (including phenoxy) is 2. The molecule has 5 heteroatoms. The third-order valence-electron chi connectivity index (χ3n) is 3.02. The van der Waals surface area contributed by atoms with Gasteiger partial charge in [-0.15, -0.1) is 0 Å². The van der Waals surface area contributed by atoms with E-state index in [2.05, 4.69) is 4.90 Å². The van der Waals surface area contributed by atoms with Crippen LogP contribution < -0.4 is 5.73 Å². The number of likely N-dealkylation sites (tertiary alicyclic amines) is 1. The summed E-state index contributed by atoms with van der Waals surface area (Å²) in [6.45, 7) is 7.61. The van der Waals surface area contributed by atoms with Gasteiger partial charge in [0.05, 0.1) is 5.92 Å². The monoisotopic (exact) mass is 244 g/mol. The van der Waals surface area contributed by atoms with Crippen molar-refractivity contribution in [2.75, 3.05) is 32.8 Å². The van der Waals surface area contributed by atoms with Gasteiger partial charge in [0.1, 0.15) is 0 Å². The first-order valence-corrected chi connectivity index (χ1v) is 6.42. The second-order valence-electron chi connectivity index (χ2n) is 4.34. The summed E-state index contributed by atoms with van der Waals surface area (Å²) in [6, 6.07) is 0. The quantitative estimate of drug-likeness (QED) is 0.665. The Morgan fingerprint density at radius 3 is 2.59 bits per heavy atom. The number of amides is 1. The van der Waals surface area contributed by atoms with E-state index in [1.54, 1.807) is 0 Å². The van der Waals surface area contributed by atoms with Crippen molar-refractivity contribution in [3.8, 4) is 0 Å². The van der Waals surface area contributed by atoms with Crippen molar-refractivity contribution in [3.63, 3.8) is 0 Å². The molecule has 1 heterocycles. The minimum absolute atomic E-state index is 0.0207. The van der Waals surface area contributed by atoms with Gasteiger partial charge >= 0.3 is 0 Å². The normalized spacial score (nSPS) is 21.9. The van der Waals surface area contributed by atoms with E-state index >= 15 is 0 Å².